The Hall–Kier alpha value is -0.640. The molecule has 1 saturated heterocycles. The molecule has 4 heteroatoms. The van der Waals surface area contributed by atoms with Crippen molar-refractivity contribution in [1.82, 2.24) is 4.90 Å². The third-order valence-electron chi connectivity index (χ3n) is 3.07. The van der Waals surface area contributed by atoms with Gasteiger partial charge in [-0.3, -0.25) is 4.90 Å². The molecular weight excluding hydrogens is 227 g/mol. The van der Waals surface area contributed by atoms with Crippen molar-refractivity contribution in [2.45, 2.75) is 12.0 Å². The van der Waals surface area contributed by atoms with Gasteiger partial charge in [0.25, 0.3) is 0 Å². The molecule has 1 aliphatic heterocycles. The molecule has 0 unspecified atom stereocenters. The van der Waals surface area contributed by atoms with E-state index in [1.54, 1.807) is 0 Å². The highest BCUT2D eigenvalue weighted by molar-refractivity contribution is 5.85. The van der Waals surface area contributed by atoms with Crippen LogP contribution in [-0.4, -0.2) is 37.3 Å². The summed E-state index contributed by atoms with van der Waals surface area (Å²) in [7, 11) is 0. The Labute approximate surface area is 102 Å². The highest BCUT2D eigenvalue weighted by atomic mass is 35.5. The lowest BCUT2D eigenvalue weighted by Crippen LogP contribution is -2.29. The molecule has 0 aromatic heterocycles. The van der Waals surface area contributed by atoms with Crippen molar-refractivity contribution < 1.29 is 4.39 Å². The van der Waals surface area contributed by atoms with Gasteiger partial charge >= 0.3 is 0 Å². The average Bonchev–Trinajstić information content (AvgIpc) is 2.61. The van der Waals surface area contributed by atoms with Crippen LogP contribution in [0.1, 0.15) is 11.5 Å². The fraction of sp³-hybridized carbons (Fsp3) is 0.500. The molecule has 2 rings (SSSR count). The summed E-state index contributed by atoms with van der Waals surface area (Å²) >= 11 is 0. The number of hydrogen-bond acceptors (Lipinski definition) is 2. The Morgan fingerprint density at radius 2 is 1.94 bits per heavy atom. The van der Waals surface area contributed by atoms with Crippen LogP contribution in [0.5, 0.6) is 0 Å². The van der Waals surface area contributed by atoms with E-state index in [9.17, 15) is 4.39 Å². The van der Waals surface area contributed by atoms with Crippen LogP contribution in [0.4, 0.5) is 4.39 Å². The molecule has 0 saturated carbocycles. The molecule has 16 heavy (non-hydrogen) atoms. The van der Waals surface area contributed by atoms with E-state index in [0.29, 0.717) is 12.5 Å². The number of halogens is 2. The van der Waals surface area contributed by atoms with Crippen molar-refractivity contribution in [2.24, 2.45) is 5.73 Å². The molecule has 2 nitrogen and oxygen atoms in total. The van der Waals surface area contributed by atoms with Crippen LogP contribution in [0.25, 0.3) is 0 Å². The number of rotatable bonds is 3. The number of likely N-dealkylation sites (tertiary alicyclic amines) is 1. The van der Waals surface area contributed by atoms with Gasteiger partial charge in [0.05, 0.1) is 0 Å². The molecular formula is C12H18ClFN2. The van der Waals surface area contributed by atoms with Crippen LogP contribution >= 0.6 is 12.4 Å². The molecule has 90 valence electrons. The van der Waals surface area contributed by atoms with E-state index in [0.717, 1.165) is 13.1 Å². The summed E-state index contributed by atoms with van der Waals surface area (Å²) < 4.78 is 12.2. The summed E-state index contributed by atoms with van der Waals surface area (Å²) in [5.74, 6) is 0.359. The van der Waals surface area contributed by atoms with E-state index in [1.807, 2.05) is 18.2 Å². The molecule has 0 spiro atoms. The van der Waals surface area contributed by atoms with Gasteiger partial charge in [0.2, 0.25) is 0 Å². The van der Waals surface area contributed by atoms with Gasteiger partial charge in [-0.15, -0.1) is 12.4 Å². The zero-order valence-electron chi connectivity index (χ0n) is 9.18. The zero-order valence-corrected chi connectivity index (χ0v) is 10.00. The van der Waals surface area contributed by atoms with Gasteiger partial charge < -0.3 is 5.73 Å². The van der Waals surface area contributed by atoms with Gasteiger partial charge in [-0.05, 0) is 5.56 Å². The van der Waals surface area contributed by atoms with E-state index >= 15 is 0 Å². The maximum Gasteiger partial charge on any atom is 0.102 e. The van der Waals surface area contributed by atoms with E-state index in [4.69, 9.17) is 5.73 Å². The molecule has 0 radical (unpaired) electrons. The van der Waals surface area contributed by atoms with Gasteiger partial charge in [0.15, 0.2) is 0 Å². The van der Waals surface area contributed by atoms with E-state index in [2.05, 4.69) is 17.0 Å². The summed E-state index contributed by atoms with van der Waals surface area (Å²) in [6, 6.07) is 10.4. The molecule has 0 aliphatic carbocycles. The highest BCUT2D eigenvalue weighted by Crippen LogP contribution is 2.25. The molecule has 1 heterocycles. The summed E-state index contributed by atoms with van der Waals surface area (Å²) in [5.41, 5.74) is 7.34. The monoisotopic (exact) mass is 244 g/mol. The fourth-order valence-corrected chi connectivity index (χ4v) is 2.27. The van der Waals surface area contributed by atoms with E-state index < -0.39 is 0 Å². The van der Waals surface area contributed by atoms with Gasteiger partial charge in [-0.25, -0.2) is 4.39 Å². The van der Waals surface area contributed by atoms with Gasteiger partial charge in [0.1, 0.15) is 6.67 Å². The first-order chi connectivity index (χ1) is 7.31. The van der Waals surface area contributed by atoms with Crippen molar-refractivity contribution in [3.05, 3.63) is 35.9 Å². The first-order valence-corrected chi connectivity index (χ1v) is 5.40. The van der Waals surface area contributed by atoms with Crippen molar-refractivity contribution in [3.8, 4) is 0 Å². The van der Waals surface area contributed by atoms with Crippen LogP contribution in [0, 0.1) is 0 Å². The summed E-state index contributed by atoms with van der Waals surface area (Å²) in [4.78, 5) is 2.10. The SMILES string of the molecule is Cl.N[C@H]1CN(CCF)C[C@@H]1c1ccccc1. The van der Waals surface area contributed by atoms with Gasteiger partial charge in [-0.2, -0.15) is 0 Å². The third-order valence-corrected chi connectivity index (χ3v) is 3.07. The minimum atomic E-state index is -0.284. The number of alkyl halides is 1. The topological polar surface area (TPSA) is 29.3 Å². The number of benzene rings is 1. The summed E-state index contributed by atoms with van der Waals surface area (Å²) in [6.45, 7) is 1.92. The second kappa shape index (κ2) is 6.18. The first kappa shape index (κ1) is 13.4. The second-order valence-electron chi connectivity index (χ2n) is 4.13. The van der Waals surface area contributed by atoms with Crippen LogP contribution in [-0.2, 0) is 0 Å². The third kappa shape index (κ3) is 2.94. The molecule has 1 aliphatic rings. The van der Waals surface area contributed by atoms with Crippen LogP contribution < -0.4 is 5.73 Å². The van der Waals surface area contributed by atoms with Gasteiger partial charge in [0, 0.05) is 31.6 Å². The average molecular weight is 245 g/mol. The minimum absolute atomic E-state index is 0. The molecule has 1 aromatic rings. The highest BCUT2D eigenvalue weighted by Gasteiger charge is 2.30. The van der Waals surface area contributed by atoms with Crippen molar-refractivity contribution in [2.75, 3.05) is 26.3 Å². The number of hydrogen-bond donors (Lipinski definition) is 1. The predicted octanol–water partition coefficient (Wildman–Crippen LogP) is 1.80. The fourth-order valence-electron chi connectivity index (χ4n) is 2.27. The van der Waals surface area contributed by atoms with E-state index in [-0.39, 0.29) is 25.1 Å². The number of nitrogens with zero attached hydrogens (tertiary/aromatic N) is 1. The molecule has 0 bridgehead atoms. The quantitative estimate of drug-likeness (QED) is 0.879. The largest absolute Gasteiger partial charge is 0.326 e. The van der Waals surface area contributed by atoms with Crippen molar-refractivity contribution >= 4 is 12.4 Å². The van der Waals surface area contributed by atoms with Crippen molar-refractivity contribution in [1.29, 1.82) is 0 Å². The lowest BCUT2D eigenvalue weighted by molar-refractivity contribution is 0.292. The maximum absolute atomic E-state index is 12.2. The predicted molar refractivity (Wildman–Crippen MR) is 66.8 cm³/mol. The van der Waals surface area contributed by atoms with Crippen LogP contribution in [0.3, 0.4) is 0 Å². The normalized spacial score (nSPS) is 25.4. The molecule has 0 amide bonds. The summed E-state index contributed by atoms with van der Waals surface area (Å²) in [6.07, 6.45) is 0. The minimum Gasteiger partial charge on any atom is -0.326 e. The van der Waals surface area contributed by atoms with Crippen molar-refractivity contribution in [3.63, 3.8) is 0 Å². The lowest BCUT2D eigenvalue weighted by Gasteiger charge is -2.14. The second-order valence-corrected chi connectivity index (χ2v) is 4.13. The Morgan fingerprint density at radius 3 is 2.56 bits per heavy atom. The standard InChI is InChI=1S/C12H17FN2.ClH/c13-6-7-15-8-11(12(14)9-15)10-4-2-1-3-5-10;/h1-5,11-12H,6-9,14H2;1H/t11-,12+;/m1./s1. The molecule has 1 fully saturated rings. The smallest absolute Gasteiger partial charge is 0.102 e. The Bertz CT molecular complexity index is 307. The molecule has 2 atom stereocenters. The molecule has 2 N–H and O–H groups in total. The maximum atomic E-state index is 12.2. The molecule has 1 aromatic carbocycles. The number of nitrogens with two attached hydrogens (primary N) is 1. The first-order valence-electron chi connectivity index (χ1n) is 5.40. The van der Waals surface area contributed by atoms with Crippen LogP contribution in [0.2, 0.25) is 0 Å². The van der Waals surface area contributed by atoms with Crippen LogP contribution in [0.15, 0.2) is 30.3 Å². The lowest BCUT2D eigenvalue weighted by atomic mass is 9.95. The Kier molecular flexibility index (Phi) is 5.19. The zero-order chi connectivity index (χ0) is 10.7. The van der Waals surface area contributed by atoms with Gasteiger partial charge in [-0.1, -0.05) is 30.3 Å². The summed E-state index contributed by atoms with van der Waals surface area (Å²) in [5, 5.41) is 0. The Balaban J connectivity index is 0.00000128. The van der Waals surface area contributed by atoms with E-state index in [1.165, 1.54) is 5.56 Å². The Morgan fingerprint density at radius 1 is 1.25 bits per heavy atom.